The van der Waals surface area contributed by atoms with Gasteiger partial charge in [0, 0.05) is 30.7 Å². The van der Waals surface area contributed by atoms with Gasteiger partial charge in [0.15, 0.2) is 11.4 Å². The number of aryl methyl sites for hydroxylation is 1. The highest BCUT2D eigenvalue weighted by Gasteiger charge is 2.51. The predicted octanol–water partition coefficient (Wildman–Crippen LogP) is 4.56. The van der Waals surface area contributed by atoms with Gasteiger partial charge in [0.1, 0.15) is 5.82 Å². The molecule has 0 spiro atoms. The van der Waals surface area contributed by atoms with Crippen molar-refractivity contribution >= 4 is 10.8 Å². The fourth-order valence-corrected chi connectivity index (χ4v) is 3.07. The minimum absolute atomic E-state index is 0.0520. The zero-order valence-electron chi connectivity index (χ0n) is 16.5. The van der Waals surface area contributed by atoms with E-state index in [9.17, 15) is 27.5 Å². The van der Waals surface area contributed by atoms with Crippen LogP contribution in [-0.2, 0) is 12.1 Å². The predicted molar refractivity (Wildman–Crippen MR) is 104 cm³/mol. The Morgan fingerprint density at radius 3 is 2.40 bits per heavy atom. The van der Waals surface area contributed by atoms with Crippen molar-refractivity contribution in [2.45, 2.75) is 51.4 Å². The summed E-state index contributed by atoms with van der Waals surface area (Å²) < 4.78 is 55.1. The smallest absolute Gasteiger partial charge is 0.376 e. The van der Waals surface area contributed by atoms with Gasteiger partial charge >= 0.3 is 6.18 Å². The second-order valence-corrected chi connectivity index (χ2v) is 7.31. The molecule has 0 aliphatic carbocycles. The molecule has 0 radical (unpaired) electrons. The first kappa shape index (κ1) is 21.9. The van der Waals surface area contributed by atoms with Gasteiger partial charge in [-0.15, -0.1) is 0 Å². The molecule has 30 heavy (non-hydrogen) atoms. The van der Waals surface area contributed by atoms with Gasteiger partial charge in [-0.1, -0.05) is 19.8 Å². The van der Waals surface area contributed by atoms with E-state index >= 15 is 0 Å². The molecule has 1 unspecified atom stereocenters. The number of benzene rings is 1. The van der Waals surface area contributed by atoms with Gasteiger partial charge in [0.25, 0.3) is 5.56 Å². The van der Waals surface area contributed by atoms with Gasteiger partial charge in [-0.3, -0.25) is 4.79 Å². The van der Waals surface area contributed by atoms with Gasteiger partial charge in [-0.05, 0) is 36.9 Å². The third-order valence-electron chi connectivity index (χ3n) is 5.07. The Morgan fingerprint density at radius 2 is 1.80 bits per heavy atom. The average molecular weight is 423 g/mol. The summed E-state index contributed by atoms with van der Waals surface area (Å²) >= 11 is 0. The molecule has 3 rings (SSSR count). The summed E-state index contributed by atoms with van der Waals surface area (Å²) in [4.78, 5) is 20.2. The lowest BCUT2D eigenvalue weighted by atomic mass is 9.98. The number of hydrogen-bond acceptors (Lipinski definition) is 4. The quantitative estimate of drug-likeness (QED) is 0.466. The molecule has 0 saturated carbocycles. The molecule has 0 aliphatic heterocycles. The molecule has 2 heterocycles. The molecule has 3 aromatic rings. The molecule has 0 amide bonds. The van der Waals surface area contributed by atoms with Gasteiger partial charge in [-0.25, -0.2) is 14.4 Å². The number of pyridine rings is 1. The molecule has 9 heteroatoms. The Bertz CT molecular complexity index is 1110. The molecule has 0 saturated heterocycles. The van der Waals surface area contributed by atoms with Crippen LogP contribution < -0.4 is 5.56 Å². The number of nitrogens with zero attached hydrogens (tertiary/aromatic N) is 3. The number of unbranched alkanes of at least 4 members (excludes halogenated alkanes) is 2. The number of alkyl halides is 3. The Hall–Kier alpha value is -2.81. The maximum absolute atomic E-state index is 14.7. The summed E-state index contributed by atoms with van der Waals surface area (Å²) in [5.41, 5.74) is -4.05. The number of aliphatic hydroxyl groups is 1. The van der Waals surface area contributed by atoms with Crippen LogP contribution in [0.3, 0.4) is 0 Å². The lowest BCUT2D eigenvalue weighted by Crippen LogP contribution is -2.39. The van der Waals surface area contributed by atoms with Crippen LogP contribution in [0.25, 0.3) is 22.2 Å². The Balaban J connectivity index is 1.98. The Kier molecular flexibility index (Phi) is 5.94. The summed E-state index contributed by atoms with van der Waals surface area (Å²) in [6, 6.07) is 4.15. The molecule has 0 aliphatic rings. The van der Waals surface area contributed by atoms with E-state index in [0.717, 1.165) is 37.7 Å². The third-order valence-corrected chi connectivity index (χ3v) is 5.07. The SMILES string of the molecule is CCCCCn1ccc2cc(-c3ncc(C(C)(O)C(F)(F)F)cn3)c(F)cc2c1=O. The lowest BCUT2D eigenvalue weighted by Gasteiger charge is -2.25. The highest BCUT2D eigenvalue weighted by molar-refractivity contribution is 5.85. The minimum Gasteiger partial charge on any atom is -0.376 e. The normalized spacial score (nSPS) is 14.1. The average Bonchev–Trinajstić information content (AvgIpc) is 2.69. The van der Waals surface area contributed by atoms with E-state index in [-0.39, 0.29) is 22.3 Å². The maximum atomic E-state index is 14.7. The topological polar surface area (TPSA) is 68.0 Å². The summed E-state index contributed by atoms with van der Waals surface area (Å²) in [5, 5.41) is 10.4. The highest BCUT2D eigenvalue weighted by atomic mass is 19.4. The number of halogens is 4. The lowest BCUT2D eigenvalue weighted by molar-refractivity contribution is -0.259. The van der Waals surface area contributed by atoms with Crippen molar-refractivity contribution < 1.29 is 22.7 Å². The largest absolute Gasteiger partial charge is 0.421 e. The molecule has 1 aromatic carbocycles. The van der Waals surface area contributed by atoms with Gasteiger partial charge in [0.2, 0.25) is 0 Å². The van der Waals surface area contributed by atoms with Crippen LogP contribution in [0.5, 0.6) is 0 Å². The fourth-order valence-electron chi connectivity index (χ4n) is 3.07. The number of hydrogen-bond donors (Lipinski definition) is 1. The van der Waals surface area contributed by atoms with Crippen molar-refractivity contribution in [1.82, 2.24) is 14.5 Å². The Morgan fingerprint density at radius 1 is 1.13 bits per heavy atom. The molecule has 1 N–H and O–H groups in total. The zero-order valence-corrected chi connectivity index (χ0v) is 16.5. The van der Waals surface area contributed by atoms with E-state index in [0.29, 0.717) is 18.9 Å². The van der Waals surface area contributed by atoms with Crippen molar-refractivity contribution in [3.05, 3.63) is 58.5 Å². The second-order valence-electron chi connectivity index (χ2n) is 7.31. The summed E-state index contributed by atoms with van der Waals surface area (Å²) in [7, 11) is 0. The van der Waals surface area contributed by atoms with Crippen molar-refractivity contribution in [2.75, 3.05) is 0 Å². The molecule has 2 aromatic heterocycles. The molecule has 1 atom stereocenters. The molecule has 0 bridgehead atoms. The molecule has 5 nitrogen and oxygen atoms in total. The summed E-state index contributed by atoms with van der Waals surface area (Å²) in [6.45, 7) is 3.18. The standard InChI is InChI=1S/C21H21F4N3O2/c1-3-4-5-7-28-8-6-13-9-16(17(22)10-15(13)19(28)29)18-26-11-14(12-27-18)20(2,30)21(23,24)25/h6,8-12,30H,3-5,7H2,1-2H3. The molecular weight excluding hydrogens is 402 g/mol. The van der Waals surface area contributed by atoms with Gasteiger partial charge < -0.3 is 9.67 Å². The number of fused-ring (bicyclic) bond motifs is 1. The van der Waals surface area contributed by atoms with E-state index in [1.54, 1.807) is 12.3 Å². The maximum Gasteiger partial charge on any atom is 0.421 e. The number of rotatable bonds is 6. The van der Waals surface area contributed by atoms with E-state index in [1.165, 1.54) is 10.6 Å². The second kappa shape index (κ2) is 8.14. The van der Waals surface area contributed by atoms with Crippen molar-refractivity contribution in [2.24, 2.45) is 0 Å². The van der Waals surface area contributed by atoms with E-state index < -0.39 is 23.2 Å². The third kappa shape index (κ3) is 4.07. The molecule has 0 fully saturated rings. The van der Waals surface area contributed by atoms with Crippen molar-refractivity contribution in [1.29, 1.82) is 0 Å². The fraction of sp³-hybridized carbons (Fsp3) is 0.381. The summed E-state index contributed by atoms with van der Waals surface area (Å²) in [6.07, 6.45) is 1.17. The first-order valence-electron chi connectivity index (χ1n) is 9.51. The van der Waals surface area contributed by atoms with Gasteiger partial charge in [0.05, 0.1) is 10.9 Å². The van der Waals surface area contributed by atoms with Crippen LogP contribution in [0.4, 0.5) is 17.6 Å². The van der Waals surface area contributed by atoms with E-state index in [1.807, 2.05) is 0 Å². The van der Waals surface area contributed by atoms with E-state index in [4.69, 9.17) is 0 Å². The summed E-state index contributed by atoms with van der Waals surface area (Å²) in [5.74, 6) is -0.913. The van der Waals surface area contributed by atoms with Gasteiger partial charge in [-0.2, -0.15) is 13.2 Å². The van der Waals surface area contributed by atoms with Crippen LogP contribution in [0, 0.1) is 5.82 Å². The van der Waals surface area contributed by atoms with Crippen LogP contribution >= 0.6 is 0 Å². The first-order chi connectivity index (χ1) is 14.1. The van der Waals surface area contributed by atoms with Crippen molar-refractivity contribution in [3.63, 3.8) is 0 Å². The first-order valence-corrected chi connectivity index (χ1v) is 9.51. The van der Waals surface area contributed by atoms with Crippen LogP contribution in [0.2, 0.25) is 0 Å². The zero-order chi connectivity index (χ0) is 22.1. The molecular formula is C21H21F4N3O2. The highest BCUT2D eigenvalue weighted by Crippen LogP contribution is 2.38. The van der Waals surface area contributed by atoms with Crippen LogP contribution in [0.15, 0.2) is 41.6 Å². The Labute approximate surface area is 170 Å². The number of aromatic nitrogens is 3. The van der Waals surface area contributed by atoms with Crippen molar-refractivity contribution in [3.8, 4) is 11.4 Å². The van der Waals surface area contributed by atoms with Crippen LogP contribution in [-0.4, -0.2) is 25.8 Å². The minimum atomic E-state index is -4.91. The van der Waals surface area contributed by atoms with Crippen LogP contribution in [0.1, 0.15) is 38.7 Å². The van der Waals surface area contributed by atoms with E-state index in [2.05, 4.69) is 16.9 Å². The molecule has 160 valence electrons. The monoisotopic (exact) mass is 423 g/mol.